The van der Waals surface area contributed by atoms with Gasteiger partial charge < -0.3 is 24.1 Å². The van der Waals surface area contributed by atoms with Gasteiger partial charge in [-0.25, -0.2) is 0 Å². The lowest BCUT2D eigenvalue weighted by Gasteiger charge is -2.17. The first-order valence-electron chi connectivity index (χ1n) is 7.38. The van der Waals surface area contributed by atoms with E-state index < -0.39 is 0 Å². The normalized spacial score (nSPS) is 10.2. The molecule has 1 N–H and O–H groups in total. The number of hydrogen-bond acceptors (Lipinski definition) is 5. The van der Waals surface area contributed by atoms with Gasteiger partial charge in [0.25, 0.3) is 0 Å². The average molecular weight is 330 g/mol. The first kappa shape index (κ1) is 17.5. The number of phenols is 1. The van der Waals surface area contributed by atoms with Gasteiger partial charge in [-0.3, -0.25) is 0 Å². The predicted octanol–water partition coefficient (Wildman–Crippen LogP) is 3.68. The van der Waals surface area contributed by atoms with Crippen LogP contribution in [0.1, 0.15) is 11.1 Å². The average Bonchev–Trinajstić information content (AvgIpc) is 2.60. The molecule has 0 aliphatic heterocycles. The molecule has 0 atom stereocenters. The second-order valence-corrected chi connectivity index (χ2v) is 5.16. The van der Waals surface area contributed by atoms with Gasteiger partial charge in [0, 0.05) is 23.6 Å². The van der Waals surface area contributed by atoms with Crippen molar-refractivity contribution in [3.63, 3.8) is 0 Å². The summed E-state index contributed by atoms with van der Waals surface area (Å²) < 4.78 is 21.3. The van der Waals surface area contributed by atoms with E-state index in [0.29, 0.717) is 35.0 Å². The number of phenolic OH excluding ortho intramolecular Hbond substituents is 1. The minimum Gasteiger partial charge on any atom is -0.507 e. The van der Waals surface area contributed by atoms with Crippen LogP contribution < -0.4 is 18.9 Å². The summed E-state index contributed by atoms with van der Waals surface area (Å²) in [5.74, 6) is 2.43. The fourth-order valence-electron chi connectivity index (χ4n) is 2.56. The summed E-state index contributed by atoms with van der Waals surface area (Å²) in [6.07, 6.45) is 0.490. The summed E-state index contributed by atoms with van der Waals surface area (Å²) in [6.45, 7) is 4.08. The monoisotopic (exact) mass is 330 g/mol. The maximum atomic E-state index is 10.2. The third kappa shape index (κ3) is 3.40. The highest BCUT2D eigenvalue weighted by molar-refractivity contribution is 5.72. The zero-order chi connectivity index (χ0) is 17.7. The van der Waals surface area contributed by atoms with E-state index in [-0.39, 0.29) is 5.75 Å². The van der Waals surface area contributed by atoms with E-state index in [4.69, 9.17) is 18.9 Å². The van der Waals surface area contributed by atoms with Crippen molar-refractivity contribution in [2.24, 2.45) is 0 Å². The quantitative estimate of drug-likeness (QED) is 0.839. The van der Waals surface area contributed by atoms with Crippen molar-refractivity contribution in [2.75, 3.05) is 28.4 Å². The van der Waals surface area contributed by atoms with Crippen molar-refractivity contribution in [3.05, 3.63) is 48.0 Å². The van der Waals surface area contributed by atoms with Gasteiger partial charge in [0.15, 0.2) is 11.5 Å². The molecule has 0 fully saturated rings. The molecule has 0 amide bonds. The van der Waals surface area contributed by atoms with E-state index in [1.54, 1.807) is 46.6 Å². The molecule has 0 bridgehead atoms. The van der Waals surface area contributed by atoms with Crippen molar-refractivity contribution < 1.29 is 24.1 Å². The summed E-state index contributed by atoms with van der Waals surface area (Å²) in [5.41, 5.74) is 2.30. The van der Waals surface area contributed by atoms with Crippen LogP contribution in [0.4, 0.5) is 0 Å². The van der Waals surface area contributed by atoms with Crippen molar-refractivity contribution in [1.29, 1.82) is 0 Å². The number of allylic oxidation sites excluding steroid dienone is 1. The second kappa shape index (κ2) is 7.64. The Morgan fingerprint density at radius 1 is 0.917 bits per heavy atom. The molecule has 0 unspecified atom stereocenters. The van der Waals surface area contributed by atoms with Crippen LogP contribution in [-0.4, -0.2) is 33.5 Å². The van der Waals surface area contributed by atoms with E-state index in [0.717, 1.165) is 11.1 Å². The molecule has 0 saturated heterocycles. The van der Waals surface area contributed by atoms with Crippen molar-refractivity contribution in [2.45, 2.75) is 6.42 Å². The minimum absolute atomic E-state index is 0.124. The molecule has 0 heterocycles. The van der Waals surface area contributed by atoms with Crippen LogP contribution in [0.25, 0.3) is 5.57 Å². The molecule has 5 nitrogen and oxygen atoms in total. The summed E-state index contributed by atoms with van der Waals surface area (Å²) in [7, 11) is 6.27. The highest BCUT2D eigenvalue weighted by Crippen LogP contribution is 2.41. The highest BCUT2D eigenvalue weighted by Gasteiger charge is 2.17. The van der Waals surface area contributed by atoms with Gasteiger partial charge in [0.1, 0.15) is 11.5 Å². The van der Waals surface area contributed by atoms with Crippen LogP contribution in [0.2, 0.25) is 0 Å². The van der Waals surface area contributed by atoms with Gasteiger partial charge >= 0.3 is 0 Å². The number of aromatic hydroxyl groups is 1. The molecular formula is C19H22O5. The van der Waals surface area contributed by atoms with Crippen LogP contribution in [-0.2, 0) is 6.42 Å². The van der Waals surface area contributed by atoms with Crippen LogP contribution >= 0.6 is 0 Å². The van der Waals surface area contributed by atoms with E-state index in [1.807, 2.05) is 12.1 Å². The zero-order valence-corrected chi connectivity index (χ0v) is 14.4. The fourth-order valence-corrected chi connectivity index (χ4v) is 2.56. The number of methoxy groups -OCH3 is 4. The van der Waals surface area contributed by atoms with Gasteiger partial charge in [0.05, 0.1) is 28.4 Å². The molecule has 0 aromatic heterocycles. The van der Waals surface area contributed by atoms with Crippen LogP contribution in [0.3, 0.4) is 0 Å². The number of hydrogen-bond donors (Lipinski definition) is 1. The molecule has 0 spiro atoms. The lowest BCUT2D eigenvalue weighted by atomic mass is 9.97. The third-order valence-corrected chi connectivity index (χ3v) is 3.78. The Morgan fingerprint density at radius 3 is 2.17 bits per heavy atom. The molecule has 24 heavy (non-hydrogen) atoms. The molecule has 0 aliphatic carbocycles. The van der Waals surface area contributed by atoms with Crippen LogP contribution in [0, 0.1) is 0 Å². The van der Waals surface area contributed by atoms with E-state index in [1.165, 1.54) is 0 Å². The molecule has 2 aromatic rings. The van der Waals surface area contributed by atoms with Gasteiger partial charge in [-0.1, -0.05) is 12.6 Å². The van der Waals surface area contributed by atoms with Crippen molar-refractivity contribution in [1.82, 2.24) is 0 Å². The van der Waals surface area contributed by atoms with Crippen molar-refractivity contribution >= 4 is 5.57 Å². The van der Waals surface area contributed by atoms with Crippen LogP contribution in [0.5, 0.6) is 28.7 Å². The lowest BCUT2D eigenvalue weighted by Crippen LogP contribution is -2.00. The summed E-state index contributed by atoms with van der Waals surface area (Å²) in [5, 5.41) is 10.2. The Hall–Kier alpha value is -2.82. The topological polar surface area (TPSA) is 57.2 Å². The Balaban J connectivity index is 2.35. The maximum absolute atomic E-state index is 10.2. The Morgan fingerprint density at radius 2 is 1.62 bits per heavy atom. The van der Waals surface area contributed by atoms with Gasteiger partial charge in [-0.15, -0.1) is 0 Å². The predicted molar refractivity (Wildman–Crippen MR) is 93.5 cm³/mol. The number of benzene rings is 2. The summed E-state index contributed by atoms with van der Waals surface area (Å²) in [4.78, 5) is 0. The van der Waals surface area contributed by atoms with Crippen LogP contribution in [0.15, 0.2) is 36.9 Å². The Labute approximate surface area is 142 Å². The lowest BCUT2D eigenvalue weighted by molar-refractivity contribution is 0.322. The third-order valence-electron chi connectivity index (χ3n) is 3.78. The first-order chi connectivity index (χ1) is 11.5. The Kier molecular flexibility index (Phi) is 5.58. The molecule has 0 aliphatic rings. The van der Waals surface area contributed by atoms with Gasteiger partial charge in [-0.05, 0) is 23.8 Å². The molecule has 0 saturated carbocycles. The van der Waals surface area contributed by atoms with Gasteiger partial charge in [-0.2, -0.15) is 0 Å². The molecule has 0 radical (unpaired) electrons. The minimum atomic E-state index is 0.124. The maximum Gasteiger partial charge on any atom is 0.203 e. The Bertz CT molecular complexity index is 737. The number of rotatable bonds is 7. The molecular weight excluding hydrogens is 308 g/mol. The summed E-state index contributed by atoms with van der Waals surface area (Å²) in [6, 6.07) is 8.84. The molecule has 2 rings (SSSR count). The first-order valence-corrected chi connectivity index (χ1v) is 7.38. The van der Waals surface area contributed by atoms with Gasteiger partial charge in [0.2, 0.25) is 5.75 Å². The number of ether oxygens (including phenoxy) is 4. The van der Waals surface area contributed by atoms with E-state index >= 15 is 0 Å². The largest absolute Gasteiger partial charge is 0.507 e. The molecule has 128 valence electrons. The molecule has 5 heteroatoms. The van der Waals surface area contributed by atoms with E-state index in [2.05, 4.69) is 6.58 Å². The molecule has 2 aromatic carbocycles. The standard InChI is InChI=1S/C19H22O5/c1-12(15-8-7-14(21-2)11-16(15)20)10-13-6-9-17(22-3)19(24-5)18(13)23-4/h6-9,11,20H,1,10H2,2-5H3. The smallest absolute Gasteiger partial charge is 0.203 e. The van der Waals surface area contributed by atoms with Crippen molar-refractivity contribution in [3.8, 4) is 28.7 Å². The fraction of sp³-hybridized carbons (Fsp3) is 0.263. The highest BCUT2D eigenvalue weighted by atomic mass is 16.5. The van der Waals surface area contributed by atoms with E-state index in [9.17, 15) is 5.11 Å². The summed E-state index contributed by atoms with van der Waals surface area (Å²) >= 11 is 0. The SMILES string of the molecule is C=C(Cc1ccc(OC)c(OC)c1OC)c1ccc(OC)cc1O. The zero-order valence-electron chi connectivity index (χ0n) is 14.4. The second-order valence-electron chi connectivity index (χ2n) is 5.16.